The van der Waals surface area contributed by atoms with E-state index in [1.807, 2.05) is 24.3 Å². The summed E-state index contributed by atoms with van der Waals surface area (Å²) in [5, 5.41) is 9.93. The molecule has 1 aromatic heterocycles. The number of carbonyl (C=O) groups is 1. The van der Waals surface area contributed by atoms with Gasteiger partial charge in [-0.1, -0.05) is 23.8 Å². The maximum absolute atomic E-state index is 11.3. The first kappa shape index (κ1) is 12.2. The fourth-order valence-electron chi connectivity index (χ4n) is 2.57. The van der Waals surface area contributed by atoms with E-state index in [0.29, 0.717) is 17.9 Å². The van der Waals surface area contributed by atoms with Crippen LogP contribution in [-0.2, 0) is 4.79 Å². The van der Waals surface area contributed by atoms with Gasteiger partial charge >= 0.3 is 5.97 Å². The van der Waals surface area contributed by atoms with Gasteiger partial charge < -0.3 is 10.1 Å². The van der Waals surface area contributed by atoms with Gasteiger partial charge in [-0.05, 0) is 31.0 Å². The molecule has 0 fully saturated rings. The van der Waals surface area contributed by atoms with Crippen LogP contribution < -0.4 is 0 Å². The lowest BCUT2D eigenvalue weighted by Gasteiger charge is -2.23. The quantitative estimate of drug-likeness (QED) is 0.827. The number of benzene rings is 1. The summed E-state index contributed by atoms with van der Waals surface area (Å²) in [6.07, 6.45) is 5.20. The number of carboxylic acids is 1. The summed E-state index contributed by atoms with van der Waals surface area (Å²) in [7, 11) is 0. The molecule has 1 heterocycles. The van der Waals surface area contributed by atoms with Crippen molar-refractivity contribution in [1.29, 1.82) is 0 Å². The van der Waals surface area contributed by atoms with Crippen LogP contribution in [-0.4, -0.2) is 21.0 Å². The SMILES string of the molecule is O=C(O)[C@H]1CC=CC[C@H]1c1nc2ccc(Cl)cc2[nH]1. The zero-order valence-electron chi connectivity index (χ0n) is 10.1. The fraction of sp³-hybridized carbons (Fsp3) is 0.286. The van der Waals surface area contributed by atoms with Gasteiger partial charge in [0.2, 0.25) is 0 Å². The van der Waals surface area contributed by atoms with Gasteiger partial charge in [-0.2, -0.15) is 0 Å². The number of hydrogen-bond acceptors (Lipinski definition) is 2. The Morgan fingerprint density at radius 2 is 2.16 bits per heavy atom. The minimum Gasteiger partial charge on any atom is -0.481 e. The molecular weight excluding hydrogens is 264 g/mol. The second-order valence-electron chi connectivity index (χ2n) is 4.78. The van der Waals surface area contributed by atoms with Gasteiger partial charge in [0.15, 0.2) is 0 Å². The standard InChI is InChI=1S/C14H13ClN2O2/c15-8-5-6-11-12(7-8)17-13(16-11)9-3-1-2-4-10(9)14(18)19/h1-2,5-7,9-10H,3-4H2,(H,16,17)(H,18,19)/t9-,10+/m1/s1. The first-order valence-corrected chi connectivity index (χ1v) is 6.56. The molecule has 3 rings (SSSR count). The summed E-state index contributed by atoms with van der Waals surface area (Å²) in [4.78, 5) is 19.0. The van der Waals surface area contributed by atoms with E-state index in [0.717, 1.165) is 16.9 Å². The number of allylic oxidation sites excluding steroid dienone is 2. The van der Waals surface area contributed by atoms with Crippen molar-refractivity contribution >= 4 is 28.6 Å². The first-order valence-electron chi connectivity index (χ1n) is 6.18. The van der Waals surface area contributed by atoms with Crippen molar-refractivity contribution in [2.45, 2.75) is 18.8 Å². The Hall–Kier alpha value is -1.81. The van der Waals surface area contributed by atoms with E-state index in [1.54, 1.807) is 6.07 Å². The third-order valence-electron chi connectivity index (χ3n) is 3.56. The third kappa shape index (κ3) is 2.24. The topological polar surface area (TPSA) is 66.0 Å². The molecule has 2 aromatic rings. The van der Waals surface area contributed by atoms with E-state index >= 15 is 0 Å². The number of halogens is 1. The maximum atomic E-state index is 11.3. The number of aromatic amines is 1. The number of hydrogen-bond donors (Lipinski definition) is 2. The summed E-state index contributed by atoms with van der Waals surface area (Å²) in [6.45, 7) is 0. The molecule has 5 heteroatoms. The van der Waals surface area contributed by atoms with Crippen molar-refractivity contribution in [3.63, 3.8) is 0 Å². The number of carboxylic acid groups (broad SMARTS) is 1. The zero-order valence-corrected chi connectivity index (χ0v) is 10.9. The van der Waals surface area contributed by atoms with Crippen LogP contribution in [0.4, 0.5) is 0 Å². The van der Waals surface area contributed by atoms with Gasteiger partial charge in [0, 0.05) is 10.9 Å². The lowest BCUT2D eigenvalue weighted by atomic mass is 9.82. The number of aliphatic carboxylic acids is 1. The molecule has 0 spiro atoms. The van der Waals surface area contributed by atoms with Crippen molar-refractivity contribution in [2.24, 2.45) is 5.92 Å². The maximum Gasteiger partial charge on any atom is 0.307 e. The lowest BCUT2D eigenvalue weighted by Crippen LogP contribution is -2.24. The van der Waals surface area contributed by atoms with Gasteiger partial charge in [-0.15, -0.1) is 0 Å². The van der Waals surface area contributed by atoms with Gasteiger partial charge in [-0.25, -0.2) is 4.98 Å². The normalized spacial score (nSPS) is 22.8. The van der Waals surface area contributed by atoms with E-state index in [9.17, 15) is 9.90 Å². The van der Waals surface area contributed by atoms with Crippen LogP contribution in [0.1, 0.15) is 24.6 Å². The lowest BCUT2D eigenvalue weighted by molar-refractivity contribution is -0.142. The van der Waals surface area contributed by atoms with Crippen LogP contribution in [0.15, 0.2) is 30.4 Å². The average molecular weight is 277 g/mol. The van der Waals surface area contributed by atoms with Crippen molar-refractivity contribution in [3.8, 4) is 0 Å². The van der Waals surface area contributed by atoms with Gasteiger partial charge in [0.05, 0.1) is 17.0 Å². The van der Waals surface area contributed by atoms with Crippen LogP contribution in [0.25, 0.3) is 11.0 Å². The summed E-state index contributed by atoms with van der Waals surface area (Å²) >= 11 is 5.94. The summed E-state index contributed by atoms with van der Waals surface area (Å²) < 4.78 is 0. The molecule has 4 nitrogen and oxygen atoms in total. The monoisotopic (exact) mass is 276 g/mol. The number of fused-ring (bicyclic) bond motifs is 1. The molecule has 98 valence electrons. The molecular formula is C14H13ClN2O2. The molecule has 0 amide bonds. The Bertz CT molecular complexity index is 663. The highest BCUT2D eigenvalue weighted by Gasteiger charge is 2.31. The van der Waals surface area contributed by atoms with Crippen molar-refractivity contribution in [1.82, 2.24) is 9.97 Å². The summed E-state index contributed by atoms with van der Waals surface area (Å²) in [5.74, 6) is -0.559. The number of nitrogens with one attached hydrogen (secondary N) is 1. The van der Waals surface area contributed by atoms with E-state index in [1.165, 1.54) is 0 Å². The molecule has 0 saturated heterocycles. The van der Waals surface area contributed by atoms with Gasteiger partial charge in [0.1, 0.15) is 5.82 Å². The van der Waals surface area contributed by atoms with Crippen LogP contribution >= 0.6 is 11.6 Å². The van der Waals surface area contributed by atoms with E-state index in [2.05, 4.69) is 9.97 Å². The average Bonchev–Trinajstić information content (AvgIpc) is 2.81. The second kappa shape index (κ2) is 4.70. The molecule has 2 N–H and O–H groups in total. The number of rotatable bonds is 2. The molecule has 2 atom stereocenters. The summed E-state index contributed by atoms with van der Waals surface area (Å²) in [5.41, 5.74) is 1.67. The number of aromatic nitrogens is 2. The Balaban J connectivity index is 2.02. The van der Waals surface area contributed by atoms with Gasteiger partial charge in [0.25, 0.3) is 0 Å². The van der Waals surface area contributed by atoms with Crippen LogP contribution in [0.5, 0.6) is 0 Å². The van der Waals surface area contributed by atoms with Crippen molar-refractivity contribution in [2.75, 3.05) is 0 Å². The highest BCUT2D eigenvalue weighted by molar-refractivity contribution is 6.31. The number of nitrogens with zero attached hydrogens (tertiary/aromatic N) is 1. The summed E-state index contributed by atoms with van der Waals surface area (Å²) in [6, 6.07) is 5.43. The highest BCUT2D eigenvalue weighted by atomic mass is 35.5. The van der Waals surface area contributed by atoms with Gasteiger partial charge in [-0.3, -0.25) is 4.79 Å². The third-order valence-corrected chi connectivity index (χ3v) is 3.80. The minimum absolute atomic E-state index is 0.103. The molecule has 0 radical (unpaired) electrons. The largest absolute Gasteiger partial charge is 0.481 e. The van der Waals surface area contributed by atoms with Crippen LogP contribution in [0.3, 0.4) is 0 Å². The molecule has 0 unspecified atom stereocenters. The van der Waals surface area contributed by atoms with Crippen molar-refractivity contribution < 1.29 is 9.90 Å². The van der Waals surface area contributed by atoms with E-state index in [4.69, 9.17) is 11.6 Å². The molecule has 0 aliphatic heterocycles. The van der Waals surface area contributed by atoms with E-state index < -0.39 is 11.9 Å². The first-order chi connectivity index (χ1) is 9.15. The molecule has 0 bridgehead atoms. The number of H-pyrrole nitrogens is 1. The van der Waals surface area contributed by atoms with Crippen LogP contribution in [0.2, 0.25) is 5.02 Å². The molecule has 1 aliphatic carbocycles. The molecule has 0 saturated carbocycles. The van der Waals surface area contributed by atoms with Crippen LogP contribution in [0, 0.1) is 5.92 Å². The Morgan fingerprint density at radius 3 is 2.95 bits per heavy atom. The fourth-order valence-corrected chi connectivity index (χ4v) is 2.74. The van der Waals surface area contributed by atoms with Crippen molar-refractivity contribution in [3.05, 3.63) is 41.2 Å². The molecule has 19 heavy (non-hydrogen) atoms. The Morgan fingerprint density at radius 1 is 1.37 bits per heavy atom. The predicted octanol–water partition coefficient (Wildman–Crippen LogP) is 3.35. The highest BCUT2D eigenvalue weighted by Crippen LogP contribution is 2.34. The minimum atomic E-state index is -0.771. The Labute approximate surface area is 115 Å². The predicted molar refractivity (Wildman–Crippen MR) is 73.3 cm³/mol. The number of imidazole rings is 1. The molecule has 1 aliphatic rings. The smallest absolute Gasteiger partial charge is 0.307 e. The second-order valence-corrected chi connectivity index (χ2v) is 5.21. The zero-order chi connectivity index (χ0) is 13.4. The molecule has 1 aromatic carbocycles. The Kier molecular flexibility index (Phi) is 3.03. The van der Waals surface area contributed by atoms with E-state index in [-0.39, 0.29) is 5.92 Å².